The van der Waals surface area contributed by atoms with Crippen molar-refractivity contribution in [3.05, 3.63) is 82.4 Å². The van der Waals surface area contributed by atoms with Gasteiger partial charge in [-0.1, -0.05) is 48.5 Å². The summed E-state index contributed by atoms with van der Waals surface area (Å²) in [6.45, 7) is 14.8. The molecule has 0 aromatic heterocycles. The van der Waals surface area contributed by atoms with Gasteiger partial charge in [0, 0.05) is 48.4 Å². The Hall–Kier alpha value is -3.29. The molecule has 0 spiro atoms. The molecule has 0 aliphatic heterocycles. The van der Waals surface area contributed by atoms with E-state index in [-0.39, 0.29) is 16.9 Å². The van der Waals surface area contributed by atoms with Crippen LogP contribution in [0.2, 0.25) is 0 Å². The molecule has 0 radical (unpaired) electrons. The molecule has 0 saturated heterocycles. The lowest BCUT2D eigenvalue weighted by atomic mass is 9.94. The van der Waals surface area contributed by atoms with Crippen molar-refractivity contribution in [2.75, 3.05) is 26.2 Å². The van der Waals surface area contributed by atoms with Gasteiger partial charge >= 0.3 is 0 Å². The molecule has 2 rings (SSSR count). The zero-order chi connectivity index (χ0) is 26.8. The van der Waals surface area contributed by atoms with Crippen LogP contribution in [0, 0.1) is 0 Å². The molecule has 2 aromatic rings. The van der Waals surface area contributed by atoms with E-state index < -0.39 is 0 Å². The Kier molecular flexibility index (Phi) is 10.6. The Bertz CT molecular complexity index is 976. The molecule has 0 aliphatic rings. The molecule has 0 unspecified atom stereocenters. The van der Waals surface area contributed by atoms with Gasteiger partial charge in [0.1, 0.15) is 0 Å². The van der Waals surface area contributed by atoms with Crippen LogP contribution in [0.4, 0.5) is 0 Å². The van der Waals surface area contributed by atoms with Crippen LogP contribution in [0.1, 0.15) is 68.6 Å². The molecule has 196 valence electrons. The molecule has 2 aromatic carbocycles. The zero-order valence-corrected chi connectivity index (χ0v) is 22.7. The van der Waals surface area contributed by atoms with Crippen molar-refractivity contribution < 1.29 is 4.79 Å². The van der Waals surface area contributed by atoms with E-state index in [9.17, 15) is 4.79 Å². The second-order valence-electron chi connectivity index (χ2n) is 10.8. The van der Waals surface area contributed by atoms with Crippen LogP contribution < -0.4 is 32.7 Å². The van der Waals surface area contributed by atoms with Crippen molar-refractivity contribution in [2.45, 2.75) is 52.6 Å². The smallest absolute Gasteiger partial charge is 0.194 e. The number of rotatable bonds is 12. The van der Waals surface area contributed by atoms with Crippen LogP contribution in [0.15, 0.2) is 60.2 Å². The van der Waals surface area contributed by atoms with Crippen molar-refractivity contribution >= 4 is 17.9 Å². The van der Waals surface area contributed by atoms with Gasteiger partial charge in [0.15, 0.2) is 5.78 Å². The molecule has 0 amide bonds. The normalized spacial score (nSPS) is 12.8. The fourth-order valence-electron chi connectivity index (χ4n) is 3.60. The highest BCUT2D eigenvalue weighted by Crippen LogP contribution is 2.21. The Morgan fingerprint density at radius 1 is 0.694 bits per heavy atom. The molecule has 0 aliphatic carbocycles. The lowest BCUT2D eigenvalue weighted by molar-refractivity contribution is 0.103. The van der Waals surface area contributed by atoms with Crippen molar-refractivity contribution in [2.24, 2.45) is 11.5 Å². The maximum Gasteiger partial charge on any atom is 0.194 e. The number of benzene rings is 2. The second-order valence-corrected chi connectivity index (χ2v) is 10.8. The molecule has 0 atom stereocenters. The van der Waals surface area contributed by atoms with Gasteiger partial charge in [-0.2, -0.15) is 0 Å². The monoisotopic (exact) mass is 492 g/mol. The van der Waals surface area contributed by atoms with E-state index in [2.05, 4.69) is 62.8 Å². The largest absolute Gasteiger partial charge is 0.371 e. The van der Waals surface area contributed by atoms with Gasteiger partial charge in [-0.3, -0.25) is 4.79 Å². The summed E-state index contributed by atoms with van der Waals surface area (Å²) >= 11 is 0. The predicted molar refractivity (Wildman–Crippen MR) is 152 cm³/mol. The van der Waals surface area contributed by atoms with E-state index in [4.69, 9.17) is 11.5 Å². The molecule has 0 heterocycles. The van der Waals surface area contributed by atoms with Gasteiger partial charge in [-0.25, -0.2) is 0 Å². The minimum atomic E-state index is -0.156. The maximum atomic E-state index is 13.9. The van der Waals surface area contributed by atoms with Crippen LogP contribution in [-0.2, 0) is 0 Å². The van der Waals surface area contributed by atoms with E-state index in [1.807, 2.05) is 60.7 Å². The molecular formula is C29H44N6O. The van der Waals surface area contributed by atoms with E-state index in [0.29, 0.717) is 37.3 Å². The number of ketones is 1. The highest BCUT2D eigenvalue weighted by Gasteiger charge is 2.18. The van der Waals surface area contributed by atoms with Crippen LogP contribution in [-0.4, -0.2) is 43.0 Å². The van der Waals surface area contributed by atoms with Crippen molar-refractivity contribution in [3.8, 4) is 0 Å². The van der Waals surface area contributed by atoms with Crippen LogP contribution in [0.5, 0.6) is 0 Å². The average molecular weight is 493 g/mol. The van der Waals surface area contributed by atoms with Crippen molar-refractivity contribution in [1.29, 1.82) is 0 Å². The Morgan fingerprint density at radius 3 is 1.39 bits per heavy atom. The van der Waals surface area contributed by atoms with Crippen molar-refractivity contribution in [3.63, 3.8) is 0 Å². The van der Waals surface area contributed by atoms with E-state index in [1.54, 1.807) is 0 Å². The van der Waals surface area contributed by atoms with Gasteiger partial charge < -0.3 is 32.7 Å². The first-order valence-electron chi connectivity index (χ1n) is 12.5. The zero-order valence-electron chi connectivity index (χ0n) is 22.7. The first-order valence-corrected chi connectivity index (χ1v) is 12.5. The van der Waals surface area contributed by atoms with Gasteiger partial charge in [0.2, 0.25) is 0 Å². The number of nitrogens with two attached hydrogens (primary N) is 2. The summed E-state index contributed by atoms with van der Waals surface area (Å²) in [6, 6.07) is 15.3. The lowest BCUT2D eigenvalue weighted by Crippen LogP contribution is -2.41. The minimum Gasteiger partial charge on any atom is -0.371 e. The van der Waals surface area contributed by atoms with E-state index in [0.717, 1.165) is 22.8 Å². The highest BCUT2D eigenvalue weighted by molar-refractivity contribution is 6.13. The molecule has 0 fully saturated rings. The molecule has 0 bridgehead atoms. The molecule has 7 heteroatoms. The number of carbonyl (C=O) groups is 1. The number of hydrogen-bond acceptors (Lipinski definition) is 7. The Labute approximate surface area is 216 Å². The van der Waals surface area contributed by atoms with Crippen LogP contribution in [0.3, 0.4) is 0 Å². The predicted octanol–water partition coefficient (Wildman–Crippen LogP) is 3.39. The first kappa shape index (κ1) is 28.9. The maximum absolute atomic E-state index is 13.9. The third-order valence-corrected chi connectivity index (χ3v) is 4.95. The lowest BCUT2D eigenvalue weighted by Gasteiger charge is -2.25. The quantitative estimate of drug-likeness (QED) is 0.252. The average Bonchev–Trinajstić information content (AvgIpc) is 2.79. The van der Waals surface area contributed by atoms with Gasteiger partial charge in [0.05, 0.1) is 11.6 Å². The van der Waals surface area contributed by atoms with Gasteiger partial charge in [-0.05, 0) is 64.8 Å². The molecule has 8 N–H and O–H groups in total. The third-order valence-electron chi connectivity index (χ3n) is 4.95. The summed E-state index contributed by atoms with van der Waals surface area (Å²) in [7, 11) is 0. The van der Waals surface area contributed by atoms with Gasteiger partial charge in [-0.15, -0.1) is 0 Å². The molecule has 7 nitrogen and oxygen atoms in total. The minimum absolute atomic E-state index is 0.0448. The number of nitrogens with one attached hydrogen (secondary N) is 4. The molecule has 0 saturated carbocycles. The van der Waals surface area contributed by atoms with Gasteiger partial charge in [0.25, 0.3) is 0 Å². The standard InChI is InChI=1S/C29H44N6O/c1-28(2,3)34-25(32-17-15-30)19-21-11-7-9-13-23(21)27(36)24-14-10-8-12-22(24)20-26(33-18-16-31)35-29(4,5)6/h7-14,19-20,32-35H,15-18,30-31H2,1-6H3. The summed E-state index contributed by atoms with van der Waals surface area (Å²) in [5.74, 6) is 1.60. The summed E-state index contributed by atoms with van der Waals surface area (Å²) in [4.78, 5) is 13.9. The van der Waals surface area contributed by atoms with Crippen LogP contribution in [0.25, 0.3) is 12.2 Å². The summed E-state index contributed by atoms with van der Waals surface area (Å²) in [6.07, 6.45) is 3.95. The summed E-state index contributed by atoms with van der Waals surface area (Å²) < 4.78 is 0. The highest BCUT2D eigenvalue weighted by atomic mass is 16.1. The topological polar surface area (TPSA) is 117 Å². The van der Waals surface area contributed by atoms with E-state index in [1.165, 1.54) is 0 Å². The number of carbonyl (C=O) groups excluding carboxylic acids is 1. The van der Waals surface area contributed by atoms with E-state index >= 15 is 0 Å². The fourth-order valence-corrected chi connectivity index (χ4v) is 3.60. The first-order chi connectivity index (χ1) is 16.9. The summed E-state index contributed by atoms with van der Waals surface area (Å²) in [5.41, 5.74) is 14.0. The molecule has 36 heavy (non-hydrogen) atoms. The summed E-state index contributed by atoms with van der Waals surface area (Å²) in [5, 5.41) is 13.6. The number of hydrogen-bond donors (Lipinski definition) is 6. The second kappa shape index (κ2) is 13.1. The Morgan fingerprint density at radius 2 is 1.06 bits per heavy atom. The SMILES string of the molecule is CC(C)(C)NC(=Cc1ccccc1C(=O)c1ccccc1C=C(NCCN)NC(C)(C)C)NCCN. The van der Waals surface area contributed by atoms with Crippen molar-refractivity contribution in [1.82, 2.24) is 21.3 Å². The Balaban J connectivity index is 2.52. The third kappa shape index (κ3) is 9.76. The molecular weight excluding hydrogens is 448 g/mol. The fraction of sp³-hybridized carbons (Fsp3) is 0.414. The van der Waals surface area contributed by atoms with Crippen LogP contribution >= 0.6 is 0 Å².